The van der Waals surface area contributed by atoms with Gasteiger partial charge in [-0.25, -0.2) is 8.42 Å². The van der Waals surface area contributed by atoms with Gasteiger partial charge >= 0.3 is 5.97 Å². The Balaban J connectivity index is 2.65. The van der Waals surface area contributed by atoms with Crippen LogP contribution in [0.5, 0.6) is 0 Å². The van der Waals surface area contributed by atoms with Crippen LogP contribution in [0.1, 0.15) is 33.1 Å². The number of benzene rings is 1. The van der Waals surface area contributed by atoms with Gasteiger partial charge in [-0.15, -0.1) is 0 Å². The first-order valence-electron chi connectivity index (χ1n) is 7.17. The average molecular weight is 313 g/mol. The van der Waals surface area contributed by atoms with E-state index >= 15 is 0 Å². The van der Waals surface area contributed by atoms with Gasteiger partial charge in [-0.1, -0.05) is 20.3 Å². The number of rotatable bonds is 9. The van der Waals surface area contributed by atoms with E-state index in [1.54, 1.807) is 24.3 Å². The molecule has 1 unspecified atom stereocenters. The third-order valence-corrected chi connectivity index (χ3v) is 5.26. The number of aliphatic carboxylic acids is 1. The topological polar surface area (TPSA) is 83.5 Å². The number of carbonyl (C=O) groups is 1. The highest BCUT2D eigenvalue weighted by Crippen LogP contribution is 2.17. The summed E-state index contributed by atoms with van der Waals surface area (Å²) in [6, 6.07) is 6.61. The minimum Gasteiger partial charge on any atom is -0.481 e. The molecule has 21 heavy (non-hydrogen) atoms. The largest absolute Gasteiger partial charge is 0.481 e. The number of sulfone groups is 1. The third-order valence-electron chi connectivity index (χ3n) is 3.32. The van der Waals surface area contributed by atoms with Crippen LogP contribution in [0.4, 0.5) is 5.69 Å². The van der Waals surface area contributed by atoms with Crippen LogP contribution in [0.3, 0.4) is 0 Å². The molecule has 118 valence electrons. The van der Waals surface area contributed by atoms with E-state index in [2.05, 4.69) is 5.32 Å². The fourth-order valence-electron chi connectivity index (χ4n) is 2.04. The predicted molar refractivity (Wildman–Crippen MR) is 83.3 cm³/mol. The van der Waals surface area contributed by atoms with Gasteiger partial charge in [0.2, 0.25) is 0 Å². The summed E-state index contributed by atoms with van der Waals surface area (Å²) < 4.78 is 23.8. The molecule has 0 aliphatic rings. The van der Waals surface area contributed by atoms with Gasteiger partial charge in [0.05, 0.1) is 10.6 Å². The first-order valence-corrected chi connectivity index (χ1v) is 8.82. The molecular weight excluding hydrogens is 290 g/mol. The number of hydrogen-bond donors (Lipinski definition) is 2. The minimum atomic E-state index is -3.18. The predicted octanol–water partition coefficient (Wildman–Crippen LogP) is 2.78. The molecule has 0 saturated heterocycles. The van der Waals surface area contributed by atoms with Gasteiger partial charge in [-0.3, -0.25) is 4.79 Å². The van der Waals surface area contributed by atoms with Crippen molar-refractivity contribution in [3.8, 4) is 0 Å². The molecule has 0 heterocycles. The molecule has 0 spiro atoms. The maximum absolute atomic E-state index is 11.9. The summed E-state index contributed by atoms with van der Waals surface area (Å²) >= 11 is 0. The van der Waals surface area contributed by atoms with Crippen LogP contribution in [0.2, 0.25) is 0 Å². The SMILES string of the molecule is CCCS(=O)(=O)c1ccc(NCC(CC)CC(=O)O)cc1. The molecule has 0 saturated carbocycles. The second-order valence-electron chi connectivity index (χ2n) is 5.10. The Kier molecular flexibility index (Phi) is 6.68. The van der Waals surface area contributed by atoms with Crippen molar-refractivity contribution in [1.29, 1.82) is 0 Å². The van der Waals surface area contributed by atoms with Crippen molar-refractivity contribution in [2.45, 2.75) is 38.0 Å². The average Bonchev–Trinajstić information content (AvgIpc) is 2.43. The monoisotopic (exact) mass is 313 g/mol. The van der Waals surface area contributed by atoms with E-state index in [0.717, 1.165) is 12.1 Å². The van der Waals surface area contributed by atoms with Crippen molar-refractivity contribution < 1.29 is 18.3 Å². The number of carboxylic acids is 1. The van der Waals surface area contributed by atoms with Gasteiger partial charge in [-0.05, 0) is 36.6 Å². The molecule has 6 heteroatoms. The normalized spacial score (nSPS) is 12.9. The molecule has 0 bridgehead atoms. The molecule has 5 nitrogen and oxygen atoms in total. The lowest BCUT2D eigenvalue weighted by molar-refractivity contribution is -0.138. The van der Waals surface area contributed by atoms with Gasteiger partial charge < -0.3 is 10.4 Å². The number of anilines is 1. The van der Waals surface area contributed by atoms with Crippen LogP contribution in [0, 0.1) is 5.92 Å². The zero-order valence-corrected chi connectivity index (χ0v) is 13.3. The lowest BCUT2D eigenvalue weighted by Gasteiger charge is -2.14. The Hall–Kier alpha value is -1.56. The van der Waals surface area contributed by atoms with Gasteiger partial charge in [0.1, 0.15) is 0 Å². The summed E-state index contributed by atoms with van der Waals surface area (Å²) in [5, 5.41) is 11.9. The molecule has 1 rings (SSSR count). The lowest BCUT2D eigenvalue weighted by atomic mass is 10.0. The van der Waals surface area contributed by atoms with Crippen molar-refractivity contribution >= 4 is 21.5 Å². The Morgan fingerprint density at radius 1 is 1.24 bits per heavy atom. The van der Waals surface area contributed by atoms with Gasteiger partial charge in [0.25, 0.3) is 0 Å². The minimum absolute atomic E-state index is 0.0611. The van der Waals surface area contributed by atoms with Crippen molar-refractivity contribution in [2.75, 3.05) is 17.6 Å². The van der Waals surface area contributed by atoms with E-state index < -0.39 is 15.8 Å². The van der Waals surface area contributed by atoms with Crippen LogP contribution < -0.4 is 5.32 Å². The highest BCUT2D eigenvalue weighted by Gasteiger charge is 2.13. The summed E-state index contributed by atoms with van der Waals surface area (Å²) in [7, 11) is -3.18. The molecule has 0 radical (unpaired) electrons. The molecule has 0 fully saturated rings. The first-order chi connectivity index (χ1) is 9.89. The molecule has 1 atom stereocenters. The van der Waals surface area contributed by atoms with E-state index in [0.29, 0.717) is 17.9 Å². The smallest absolute Gasteiger partial charge is 0.303 e. The summed E-state index contributed by atoms with van der Waals surface area (Å²) in [6.45, 7) is 4.35. The zero-order valence-electron chi connectivity index (χ0n) is 12.5. The fourth-order valence-corrected chi connectivity index (χ4v) is 3.36. The molecule has 0 aliphatic carbocycles. The molecule has 1 aromatic rings. The molecule has 0 amide bonds. The van der Waals surface area contributed by atoms with Crippen molar-refractivity contribution in [3.63, 3.8) is 0 Å². The van der Waals surface area contributed by atoms with Crippen LogP contribution in [0.25, 0.3) is 0 Å². The van der Waals surface area contributed by atoms with Crippen molar-refractivity contribution in [3.05, 3.63) is 24.3 Å². The second-order valence-corrected chi connectivity index (χ2v) is 7.21. The van der Waals surface area contributed by atoms with Crippen LogP contribution >= 0.6 is 0 Å². The summed E-state index contributed by atoms with van der Waals surface area (Å²) in [5.41, 5.74) is 0.800. The Morgan fingerprint density at radius 3 is 2.33 bits per heavy atom. The van der Waals surface area contributed by atoms with E-state index in [1.165, 1.54) is 0 Å². The maximum atomic E-state index is 11.9. The van der Waals surface area contributed by atoms with E-state index in [4.69, 9.17) is 5.11 Å². The molecular formula is C15H23NO4S. The summed E-state index contributed by atoms with van der Waals surface area (Å²) in [5.74, 6) is -0.591. The van der Waals surface area contributed by atoms with Crippen molar-refractivity contribution in [1.82, 2.24) is 0 Å². The zero-order chi connectivity index (χ0) is 15.9. The molecule has 0 aromatic heterocycles. The number of hydrogen-bond acceptors (Lipinski definition) is 4. The number of nitrogens with one attached hydrogen (secondary N) is 1. The van der Waals surface area contributed by atoms with Gasteiger partial charge in [0, 0.05) is 18.7 Å². The van der Waals surface area contributed by atoms with Crippen LogP contribution in [-0.4, -0.2) is 31.8 Å². The summed E-state index contributed by atoms with van der Waals surface area (Å²) in [6.07, 6.45) is 1.50. The molecule has 2 N–H and O–H groups in total. The van der Waals surface area contributed by atoms with E-state index in [9.17, 15) is 13.2 Å². The Labute approximate surface area is 126 Å². The van der Waals surface area contributed by atoms with E-state index in [1.807, 2.05) is 13.8 Å². The standard InChI is InChI=1S/C15H23NO4S/c1-3-9-21(19,20)14-7-5-13(6-8-14)16-11-12(4-2)10-15(17)18/h5-8,12,16H,3-4,9-11H2,1-2H3,(H,17,18). The fraction of sp³-hybridized carbons (Fsp3) is 0.533. The Bertz CT molecular complexity index is 552. The maximum Gasteiger partial charge on any atom is 0.303 e. The van der Waals surface area contributed by atoms with Gasteiger partial charge in [0.15, 0.2) is 9.84 Å². The van der Waals surface area contributed by atoms with Crippen molar-refractivity contribution in [2.24, 2.45) is 5.92 Å². The molecule has 0 aliphatic heterocycles. The summed E-state index contributed by atoms with van der Waals surface area (Å²) in [4.78, 5) is 11.0. The highest BCUT2D eigenvalue weighted by atomic mass is 32.2. The third kappa shape index (κ3) is 5.75. The number of carboxylic acid groups (broad SMARTS) is 1. The molecule has 1 aromatic carbocycles. The lowest BCUT2D eigenvalue weighted by Crippen LogP contribution is -2.17. The first kappa shape index (κ1) is 17.5. The quantitative estimate of drug-likeness (QED) is 0.732. The highest BCUT2D eigenvalue weighted by molar-refractivity contribution is 7.91. The van der Waals surface area contributed by atoms with Crippen LogP contribution in [-0.2, 0) is 14.6 Å². The van der Waals surface area contributed by atoms with E-state index in [-0.39, 0.29) is 18.1 Å². The van der Waals surface area contributed by atoms with Gasteiger partial charge in [-0.2, -0.15) is 0 Å². The second kappa shape index (κ2) is 8.02. The van der Waals surface area contributed by atoms with Crippen LogP contribution in [0.15, 0.2) is 29.2 Å². The Morgan fingerprint density at radius 2 is 1.86 bits per heavy atom.